The fourth-order valence-corrected chi connectivity index (χ4v) is 1.50. The lowest BCUT2D eigenvalue weighted by atomic mass is 9.92. The maximum Gasteiger partial charge on any atom is 0.242 e. The van der Waals surface area contributed by atoms with Crippen molar-refractivity contribution in [2.45, 2.75) is 33.6 Å². The third kappa shape index (κ3) is 6.55. The summed E-state index contributed by atoms with van der Waals surface area (Å²) in [6.45, 7) is 5.81. The first kappa shape index (κ1) is 15.1. The molecule has 5 heteroatoms. The van der Waals surface area contributed by atoms with Gasteiger partial charge in [-0.2, -0.15) is 0 Å². The number of carbonyl (C=O) groups excluding carboxylic acids is 2. The molecule has 0 bridgehead atoms. The molecule has 19 heavy (non-hydrogen) atoms. The first-order valence-corrected chi connectivity index (χ1v) is 6.08. The summed E-state index contributed by atoms with van der Waals surface area (Å²) in [5, 5.41) is 0. The molecule has 1 aromatic carbocycles. The highest BCUT2D eigenvalue weighted by Crippen LogP contribution is 2.17. The molecular formula is C14H19FN2O2. The molecule has 0 saturated heterocycles. The average Bonchev–Trinajstić information content (AvgIpc) is 2.27. The van der Waals surface area contributed by atoms with E-state index in [0.29, 0.717) is 12.0 Å². The Balaban J connectivity index is 2.36. The number of rotatable bonds is 3. The fourth-order valence-electron chi connectivity index (χ4n) is 1.50. The second-order valence-electron chi connectivity index (χ2n) is 5.64. The van der Waals surface area contributed by atoms with Crippen LogP contribution in [0.2, 0.25) is 0 Å². The first-order chi connectivity index (χ1) is 8.76. The van der Waals surface area contributed by atoms with E-state index >= 15 is 0 Å². The van der Waals surface area contributed by atoms with Crippen LogP contribution in [-0.4, -0.2) is 11.8 Å². The van der Waals surface area contributed by atoms with Crippen LogP contribution in [0.5, 0.6) is 0 Å². The van der Waals surface area contributed by atoms with Gasteiger partial charge in [-0.3, -0.25) is 20.4 Å². The zero-order valence-corrected chi connectivity index (χ0v) is 11.4. The summed E-state index contributed by atoms with van der Waals surface area (Å²) in [7, 11) is 0. The molecule has 0 atom stereocenters. The van der Waals surface area contributed by atoms with Gasteiger partial charge in [0.25, 0.3) is 0 Å². The van der Waals surface area contributed by atoms with Crippen molar-refractivity contribution in [2.75, 3.05) is 0 Å². The zero-order valence-electron chi connectivity index (χ0n) is 11.4. The number of halogens is 1. The van der Waals surface area contributed by atoms with Crippen LogP contribution in [0.25, 0.3) is 0 Å². The van der Waals surface area contributed by atoms with Gasteiger partial charge in [-0.05, 0) is 23.1 Å². The van der Waals surface area contributed by atoms with Crippen molar-refractivity contribution in [1.29, 1.82) is 0 Å². The van der Waals surface area contributed by atoms with Gasteiger partial charge in [-0.1, -0.05) is 32.9 Å². The minimum absolute atomic E-state index is 0.0933. The molecule has 0 fully saturated rings. The molecule has 0 aliphatic heterocycles. The van der Waals surface area contributed by atoms with Crippen LogP contribution < -0.4 is 10.9 Å². The Morgan fingerprint density at radius 1 is 1.05 bits per heavy atom. The Hall–Kier alpha value is -1.91. The summed E-state index contributed by atoms with van der Waals surface area (Å²) in [6, 6.07) is 5.65. The topological polar surface area (TPSA) is 58.2 Å². The van der Waals surface area contributed by atoms with Gasteiger partial charge in [-0.15, -0.1) is 0 Å². The molecule has 0 radical (unpaired) electrons. The molecule has 0 aliphatic carbocycles. The predicted octanol–water partition coefficient (Wildman–Crippen LogP) is 1.95. The summed E-state index contributed by atoms with van der Waals surface area (Å²) < 4.78 is 12.7. The van der Waals surface area contributed by atoms with Crippen molar-refractivity contribution < 1.29 is 14.0 Å². The monoisotopic (exact) mass is 266 g/mol. The van der Waals surface area contributed by atoms with Crippen LogP contribution in [-0.2, 0) is 16.0 Å². The van der Waals surface area contributed by atoms with E-state index in [0.717, 1.165) is 0 Å². The van der Waals surface area contributed by atoms with Crippen LogP contribution in [0, 0.1) is 11.2 Å². The van der Waals surface area contributed by atoms with E-state index in [2.05, 4.69) is 10.9 Å². The van der Waals surface area contributed by atoms with Gasteiger partial charge in [0.2, 0.25) is 11.8 Å². The Kier molecular flexibility index (Phi) is 5.03. The van der Waals surface area contributed by atoms with E-state index in [1.165, 1.54) is 24.3 Å². The minimum Gasteiger partial charge on any atom is -0.273 e. The Bertz CT molecular complexity index is 450. The lowest BCUT2D eigenvalue weighted by Gasteiger charge is -2.17. The standard InChI is InChI=1S/C14H19FN2O2/c1-14(2,3)9-13(19)17-16-12(18)8-10-4-6-11(15)7-5-10/h4-7H,8-9H2,1-3H3,(H,16,18)(H,17,19). The van der Waals surface area contributed by atoms with Gasteiger partial charge in [-0.25, -0.2) is 4.39 Å². The molecule has 0 aromatic heterocycles. The molecule has 104 valence electrons. The van der Waals surface area contributed by atoms with Crippen molar-refractivity contribution in [1.82, 2.24) is 10.9 Å². The summed E-state index contributed by atoms with van der Waals surface area (Å²) >= 11 is 0. The van der Waals surface area contributed by atoms with E-state index in [-0.39, 0.29) is 29.5 Å². The molecule has 1 aromatic rings. The van der Waals surface area contributed by atoms with Crippen LogP contribution in [0.3, 0.4) is 0 Å². The highest BCUT2D eigenvalue weighted by atomic mass is 19.1. The normalized spacial score (nSPS) is 10.9. The van der Waals surface area contributed by atoms with Gasteiger partial charge in [0, 0.05) is 6.42 Å². The lowest BCUT2D eigenvalue weighted by Crippen LogP contribution is -2.43. The Morgan fingerprint density at radius 2 is 1.58 bits per heavy atom. The SMILES string of the molecule is CC(C)(C)CC(=O)NNC(=O)Cc1ccc(F)cc1. The molecule has 2 amide bonds. The largest absolute Gasteiger partial charge is 0.273 e. The lowest BCUT2D eigenvalue weighted by molar-refractivity contribution is -0.129. The third-order valence-corrected chi connectivity index (χ3v) is 2.31. The summed E-state index contributed by atoms with van der Waals surface area (Å²) in [4.78, 5) is 23.0. The molecular weight excluding hydrogens is 247 g/mol. The van der Waals surface area contributed by atoms with Crippen LogP contribution in [0.15, 0.2) is 24.3 Å². The van der Waals surface area contributed by atoms with Gasteiger partial charge >= 0.3 is 0 Å². The number of amides is 2. The van der Waals surface area contributed by atoms with E-state index in [4.69, 9.17) is 0 Å². The zero-order chi connectivity index (χ0) is 14.5. The molecule has 0 saturated carbocycles. The van der Waals surface area contributed by atoms with Gasteiger partial charge in [0.15, 0.2) is 0 Å². The average molecular weight is 266 g/mol. The number of hydrogen-bond donors (Lipinski definition) is 2. The second-order valence-corrected chi connectivity index (χ2v) is 5.64. The van der Waals surface area contributed by atoms with Crippen LogP contribution >= 0.6 is 0 Å². The van der Waals surface area contributed by atoms with Crippen molar-refractivity contribution in [2.24, 2.45) is 5.41 Å². The highest BCUT2D eigenvalue weighted by Gasteiger charge is 2.16. The minimum atomic E-state index is -0.345. The summed E-state index contributed by atoms with van der Waals surface area (Å²) in [6.07, 6.45) is 0.417. The smallest absolute Gasteiger partial charge is 0.242 e. The van der Waals surface area contributed by atoms with Gasteiger partial charge < -0.3 is 0 Å². The fraction of sp³-hybridized carbons (Fsp3) is 0.429. The number of hydrogen-bond acceptors (Lipinski definition) is 2. The van der Waals surface area contributed by atoms with Crippen LogP contribution in [0.4, 0.5) is 4.39 Å². The van der Waals surface area contributed by atoms with Crippen molar-refractivity contribution in [3.05, 3.63) is 35.6 Å². The summed E-state index contributed by atoms with van der Waals surface area (Å²) in [5.74, 6) is -0.920. The number of nitrogens with one attached hydrogen (secondary N) is 2. The Labute approximate surface area is 112 Å². The summed E-state index contributed by atoms with van der Waals surface area (Å²) in [5.41, 5.74) is 5.25. The van der Waals surface area contributed by atoms with Crippen LogP contribution in [0.1, 0.15) is 32.8 Å². The first-order valence-electron chi connectivity index (χ1n) is 6.08. The number of hydrazine groups is 1. The maximum absolute atomic E-state index is 12.7. The highest BCUT2D eigenvalue weighted by molar-refractivity contribution is 5.83. The molecule has 2 N–H and O–H groups in total. The molecule has 0 aliphatic rings. The second kappa shape index (κ2) is 6.31. The van der Waals surface area contributed by atoms with Gasteiger partial charge in [0.1, 0.15) is 5.82 Å². The molecule has 0 unspecified atom stereocenters. The van der Waals surface area contributed by atoms with E-state index in [1.807, 2.05) is 20.8 Å². The quantitative estimate of drug-likeness (QED) is 0.822. The van der Waals surface area contributed by atoms with Gasteiger partial charge in [0.05, 0.1) is 6.42 Å². The molecule has 1 rings (SSSR count). The van der Waals surface area contributed by atoms with Crippen molar-refractivity contribution >= 4 is 11.8 Å². The maximum atomic E-state index is 12.7. The predicted molar refractivity (Wildman–Crippen MR) is 70.5 cm³/mol. The number of carbonyl (C=O) groups is 2. The molecule has 0 heterocycles. The van der Waals surface area contributed by atoms with Crippen molar-refractivity contribution in [3.8, 4) is 0 Å². The van der Waals surface area contributed by atoms with Crippen molar-refractivity contribution in [3.63, 3.8) is 0 Å². The third-order valence-electron chi connectivity index (χ3n) is 2.31. The molecule has 0 spiro atoms. The van der Waals surface area contributed by atoms with E-state index in [1.54, 1.807) is 0 Å². The Morgan fingerprint density at radius 3 is 2.11 bits per heavy atom. The van der Waals surface area contributed by atoms with E-state index < -0.39 is 0 Å². The number of benzene rings is 1. The van der Waals surface area contributed by atoms with E-state index in [9.17, 15) is 14.0 Å². The molecule has 4 nitrogen and oxygen atoms in total.